The van der Waals surface area contributed by atoms with Crippen molar-refractivity contribution >= 4 is 0 Å². The summed E-state index contributed by atoms with van der Waals surface area (Å²) in [6.07, 6.45) is 6.96. The van der Waals surface area contributed by atoms with E-state index >= 15 is 0 Å². The molecule has 3 heteroatoms. The molecule has 1 fully saturated rings. The van der Waals surface area contributed by atoms with Crippen molar-refractivity contribution in [2.45, 2.75) is 57.1 Å². The van der Waals surface area contributed by atoms with Crippen molar-refractivity contribution in [3.05, 3.63) is 35.9 Å². The Labute approximate surface area is 116 Å². The van der Waals surface area contributed by atoms with E-state index in [1.807, 2.05) is 6.07 Å². The number of nitrogens with one attached hydrogen (secondary N) is 1. The highest BCUT2D eigenvalue weighted by molar-refractivity contribution is 5.17. The van der Waals surface area contributed by atoms with Gasteiger partial charge < -0.3 is 4.74 Å². The summed E-state index contributed by atoms with van der Waals surface area (Å²) in [6, 6.07) is 10.7. The van der Waals surface area contributed by atoms with E-state index in [9.17, 15) is 0 Å². The molecule has 0 aromatic heterocycles. The summed E-state index contributed by atoms with van der Waals surface area (Å²) in [5.41, 5.74) is 4.25. The van der Waals surface area contributed by atoms with Crippen LogP contribution in [0.2, 0.25) is 0 Å². The molecule has 19 heavy (non-hydrogen) atoms. The number of hydrazine groups is 1. The lowest BCUT2D eigenvalue weighted by Crippen LogP contribution is -2.57. The maximum absolute atomic E-state index is 6.15. The van der Waals surface area contributed by atoms with Crippen LogP contribution in [0.3, 0.4) is 0 Å². The smallest absolute Gasteiger partial charge is 0.0851 e. The SMILES string of the molecule is CCOC1(C(Cc2ccccc2)NN)CCCCC1. The van der Waals surface area contributed by atoms with Crippen molar-refractivity contribution in [3.63, 3.8) is 0 Å². The fraction of sp³-hybridized carbons (Fsp3) is 0.625. The molecule has 3 N–H and O–H groups in total. The second kappa shape index (κ2) is 7.04. The Morgan fingerprint density at radius 1 is 1.21 bits per heavy atom. The minimum absolute atomic E-state index is 0.0857. The number of ether oxygens (including phenoxy) is 1. The molecule has 2 rings (SSSR count). The molecule has 1 saturated carbocycles. The molecule has 1 unspecified atom stereocenters. The second-order valence-electron chi connectivity index (χ2n) is 5.47. The first-order chi connectivity index (χ1) is 9.30. The van der Waals surface area contributed by atoms with Crippen LogP contribution in [0.5, 0.6) is 0 Å². The summed E-state index contributed by atoms with van der Waals surface area (Å²) in [4.78, 5) is 0. The van der Waals surface area contributed by atoms with Gasteiger partial charge in [-0.3, -0.25) is 11.3 Å². The number of hydrogen-bond donors (Lipinski definition) is 2. The summed E-state index contributed by atoms with van der Waals surface area (Å²) >= 11 is 0. The topological polar surface area (TPSA) is 47.3 Å². The lowest BCUT2D eigenvalue weighted by atomic mass is 9.77. The molecule has 1 aromatic carbocycles. The Bertz CT molecular complexity index is 355. The molecule has 1 aliphatic rings. The Balaban J connectivity index is 2.12. The summed E-state index contributed by atoms with van der Waals surface area (Å²) in [7, 11) is 0. The third kappa shape index (κ3) is 3.56. The molecular formula is C16H26N2O. The standard InChI is InChI=1S/C16H26N2O/c1-2-19-16(11-7-4-8-12-16)15(18-17)13-14-9-5-3-6-10-14/h3,5-6,9-10,15,18H,2,4,7-8,11-13,17H2,1H3. The third-order valence-electron chi connectivity index (χ3n) is 4.25. The van der Waals surface area contributed by atoms with Crippen LogP contribution >= 0.6 is 0 Å². The maximum atomic E-state index is 6.15. The van der Waals surface area contributed by atoms with Crippen molar-refractivity contribution in [3.8, 4) is 0 Å². The molecule has 0 aliphatic heterocycles. The van der Waals surface area contributed by atoms with Gasteiger partial charge in [-0.1, -0.05) is 49.6 Å². The number of rotatable bonds is 6. The largest absolute Gasteiger partial charge is 0.374 e. The molecule has 1 aromatic rings. The summed E-state index contributed by atoms with van der Waals surface area (Å²) in [6.45, 7) is 2.83. The minimum atomic E-state index is -0.0857. The third-order valence-corrected chi connectivity index (χ3v) is 4.25. The lowest BCUT2D eigenvalue weighted by molar-refractivity contribution is -0.0898. The van der Waals surface area contributed by atoms with E-state index in [4.69, 9.17) is 10.6 Å². The van der Waals surface area contributed by atoms with Gasteiger partial charge in [-0.05, 0) is 31.7 Å². The van der Waals surface area contributed by atoms with E-state index in [2.05, 4.69) is 36.6 Å². The van der Waals surface area contributed by atoms with Gasteiger partial charge in [0.25, 0.3) is 0 Å². The van der Waals surface area contributed by atoms with Crippen molar-refractivity contribution in [1.82, 2.24) is 5.43 Å². The highest BCUT2D eigenvalue weighted by Crippen LogP contribution is 2.35. The van der Waals surface area contributed by atoms with Crippen LogP contribution in [0.15, 0.2) is 30.3 Å². The van der Waals surface area contributed by atoms with Crippen molar-refractivity contribution in [2.24, 2.45) is 5.84 Å². The van der Waals surface area contributed by atoms with Crippen LogP contribution in [0.25, 0.3) is 0 Å². The van der Waals surface area contributed by atoms with E-state index in [1.165, 1.54) is 24.8 Å². The first-order valence-electron chi connectivity index (χ1n) is 7.45. The monoisotopic (exact) mass is 262 g/mol. The maximum Gasteiger partial charge on any atom is 0.0851 e. The molecule has 0 saturated heterocycles. The summed E-state index contributed by atoms with van der Waals surface area (Å²) < 4.78 is 6.15. The fourth-order valence-corrected chi connectivity index (χ4v) is 3.28. The van der Waals surface area contributed by atoms with Gasteiger partial charge in [-0.15, -0.1) is 0 Å². The zero-order valence-corrected chi connectivity index (χ0v) is 11.9. The van der Waals surface area contributed by atoms with Crippen LogP contribution in [-0.4, -0.2) is 18.2 Å². The Kier molecular flexibility index (Phi) is 5.37. The molecule has 0 heterocycles. The van der Waals surface area contributed by atoms with Gasteiger partial charge in [0.2, 0.25) is 0 Å². The van der Waals surface area contributed by atoms with Gasteiger partial charge in [-0.25, -0.2) is 0 Å². The van der Waals surface area contributed by atoms with Crippen LogP contribution in [0, 0.1) is 0 Å². The predicted octanol–water partition coefficient (Wildman–Crippen LogP) is 2.80. The van der Waals surface area contributed by atoms with Crippen LogP contribution in [0.1, 0.15) is 44.6 Å². The van der Waals surface area contributed by atoms with Crippen LogP contribution in [-0.2, 0) is 11.2 Å². The van der Waals surface area contributed by atoms with E-state index in [0.29, 0.717) is 0 Å². The van der Waals surface area contributed by atoms with Gasteiger partial charge >= 0.3 is 0 Å². The first-order valence-corrected chi connectivity index (χ1v) is 7.45. The summed E-state index contributed by atoms with van der Waals surface area (Å²) in [5.74, 6) is 5.84. The number of hydrogen-bond acceptors (Lipinski definition) is 3. The van der Waals surface area contributed by atoms with Crippen molar-refractivity contribution < 1.29 is 4.74 Å². The Morgan fingerprint density at radius 3 is 2.47 bits per heavy atom. The molecule has 0 amide bonds. The van der Waals surface area contributed by atoms with E-state index in [-0.39, 0.29) is 11.6 Å². The van der Waals surface area contributed by atoms with Gasteiger partial charge in [-0.2, -0.15) is 0 Å². The zero-order chi connectivity index (χ0) is 13.6. The zero-order valence-electron chi connectivity index (χ0n) is 11.9. The van der Waals surface area contributed by atoms with Crippen LogP contribution in [0.4, 0.5) is 0 Å². The molecular weight excluding hydrogens is 236 g/mol. The molecule has 0 spiro atoms. The lowest BCUT2D eigenvalue weighted by Gasteiger charge is -2.43. The normalized spacial score (nSPS) is 20.1. The van der Waals surface area contributed by atoms with E-state index in [0.717, 1.165) is 25.9 Å². The minimum Gasteiger partial charge on any atom is -0.374 e. The molecule has 3 nitrogen and oxygen atoms in total. The highest BCUT2D eigenvalue weighted by Gasteiger charge is 2.40. The Morgan fingerprint density at radius 2 is 1.89 bits per heavy atom. The fourth-order valence-electron chi connectivity index (χ4n) is 3.28. The molecule has 0 bridgehead atoms. The first kappa shape index (κ1) is 14.5. The average molecular weight is 262 g/mol. The average Bonchev–Trinajstić information content (AvgIpc) is 2.47. The van der Waals surface area contributed by atoms with Crippen LogP contribution < -0.4 is 11.3 Å². The van der Waals surface area contributed by atoms with E-state index in [1.54, 1.807) is 0 Å². The number of benzene rings is 1. The summed E-state index contributed by atoms with van der Waals surface area (Å²) in [5, 5.41) is 0. The van der Waals surface area contributed by atoms with E-state index < -0.39 is 0 Å². The molecule has 0 radical (unpaired) electrons. The molecule has 1 aliphatic carbocycles. The van der Waals surface area contributed by atoms with Gasteiger partial charge in [0.15, 0.2) is 0 Å². The molecule has 1 atom stereocenters. The van der Waals surface area contributed by atoms with Gasteiger partial charge in [0, 0.05) is 6.61 Å². The van der Waals surface area contributed by atoms with Gasteiger partial charge in [0.05, 0.1) is 11.6 Å². The Hall–Kier alpha value is -0.900. The van der Waals surface area contributed by atoms with Crippen molar-refractivity contribution in [2.75, 3.05) is 6.61 Å². The number of nitrogens with two attached hydrogens (primary N) is 1. The van der Waals surface area contributed by atoms with Gasteiger partial charge in [0.1, 0.15) is 0 Å². The molecule has 106 valence electrons. The highest BCUT2D eigenvalue weighted by atomic mass is 16.5. The quantitative estimate of drug-likeness (QED) is 0.612. The second-order valence-corrected chi connectivity index (χ2v) is 5.47. The predicted molar refractivity (Wildman–Crippen MR) is 78.7 cm³/mol. The van der Waals surface area contributed by atoms with Crippen molar-refractivity contribution in [1.29, 1.82) is 0 Å².